The van der Waals surface area contributed by atoms with Gasteiger partial charge in [-0.05, 0) is 102 Å². The first-order valence-corrected chi connectivity index (χ1v) is 21.4. The number of aliphatic imine (C=N–C) groups is 1. The molecule has 0 aromatic heterocycles. The van der Waals surface area contributed by atoms with E-state index in [4.69, 9.17) is 20.2 Å². The highest BCUT2D eigenvalue weighted by Gasteiger charge is 2.48. The minimum absolute atomic E-state index is 0.512. The van der Waals surface area contributed by atoms with Crippen LogP contribution in [0.15, 0.2) is 223 Å². The lowest BCUT2D eigenvalue weighted by atomic mass is 9.68. The van der Waals surface area contributed by atoms with Gasteiger partial charge in [-0.1, -0.05) is 182 Å². The van der Waals surface area contributed by atoms with Crippen LogP contribution in [0, 0.1) is 0 Å². The molecule has 4 nitrogen and oxygen atoms in total. The maximum absolute atomic E-state index is 7.06. The number of ether oxygens (including phenoxy) is 2. The Kier molecular flexibility index (Phi) is 8.58. The van der Waals surface area contributed by atoms with Crippen molar-refractivity contribution in [3.05, 3.63) is 257 Å². The molecule has 12 rings (SSSR count). The van der Waals surface area contributed by atoms with Crippen LogP contribution in [0.1, 0.15) is 38.9 Å². The Morgan fingerprint density at radius 2 is 1.02 bits per heavy atom. The predicted octanol–water partition coefficient (Wildman–Crippen LogP) is 14.4. The van der Waals surface area contributed by atoms with E-state index >= 15 is 0 Å². The van der Waals surface area contributed by atoms with Crippen molar-refractivity contribution in [3.63, 3.8) is 0 Å². The summed E-state index contributed by atoms with van der Waals surface area (Å²) in [5.41, 5.74) is 17.7. The van der Waals surface area contributed by atoms with Crippen molar-refractivity contribution in [3.8, 4) is 34.1 Å². The molecule has 0 saturated carbocycles. The summed E-state index contributed by atoms with van der Waals surface area (Å²) in [5, 5.41) is 7.30. The highest BCUT2D eigenvalue weighted by atomic mass is 16.6. The van der Waals surface area contributed by atoms with Crippen molar-refractivity contribution >= 4 is 43.7 Å². The number of nitrogens with two attached hydrogens (primary N) is 1. The zero-order valence-electron chi connectivity index (χ0n) is 34.3. The SMILES string of the molecule is N/C(=C\C(=NCc1ccccc1)c1ccc2c3ccccc3c3ccccc3c2c1)c1ccc2c(c1)Oc1ccc3c(c1O2)-c1ccccc1C3(c1ccccc1)c1ccccc1. The average molecular weight is 809 g/mol. The monoisotopic (exact) mass is 808 g/mol. The third kappa shape index (κ3) is 5.87. The van der Waals surface area contributed by atoms with Gasteiger partial charge in [0.25, 0.3) is 0 Å². The molecule has 2 aliphatic rings. The van der Waals surface area contributed by atoms with Crippen LogP contribution in [-0.4, -0.2) is 5.71 Å². The molecular weight excluding hydrogens is 769 g/mol. The first kappa shape index (κ1) is 36.6. The van der Waals surface area contributed by atoms with Crippen molar-refractivity contribution in [2.24, 2.45) is 10.7 Å². The van der Waals surface area contributed by atoms with E-state index in [1.807, 2.05) is 42.5 Å². The molecule has 0 spiro atoms. The summed E-state index contributed by atoms with van der Waals surface area (Å²) >= 11 is 0. The van der Waals surface area contributed by atoms with Crippen LogP contribution in [0.5, 0.6) is 23.0 Å². The van der Waals surface area contributed by atoms with Gasteiger partial charge in [0.15, 0.2) is 23.0 Å². The van der Waals surface area contributed by atoms with Gasteiger partial charge in [-0.3, -0.25) is 4.99 Å². The fourth-order valence-electron chi connectivity index (χ4n) is 10.0. The summed E-state index contributed by atoms with van der Waals surface area (Å²) < 4.78 is 13.7. The lowest BCUT2D eigenvalue weighted by Crippen LogP contribution is -2.28. The van der Waals surface area contributed by atoms with E-state index in [0.29, 0.717) is 35.2 Å². The van der Waals surface area contributed by atoms with E-state index in [1.165, 1.54) is 49.0 Å². The highest BCUT2D eigenvalue weighted by molar-refractivity contribution is 6.26. The maximum atomic E-state index is 7.06. The highest BCUT2D eigenvalue weighted by Crippen LogP contribution is 2.62. The second-order valence-electron chi connectivity index (χ2n) is 16.3. The number of nitrogens with zero attached hydrogens (tertiary/aromatic N) is 1. The van der Waals surface area contributed by atoms with Crippen LogP contribution >= 0.6 is 0 Å². The maximum Gasteiger partial charge on any atom is 0.178 e. The third-order valence-corrected chi connectivity index (χ3v) is 12.9. The minimum Gasteiger partial charge on any atom is -0.449 e. The molecule has 0 radical (unpaired) electrons. The van der Waals surface area contributed by atoms with E-state index in [9.17, 15) is 0 Å². The summed E-state index contributed by atoms with van der Waals surface area (Å²) in [7, 11) is 0. The summed E-state index contributed by atoms with van der Waals surface area (Å²) in [6.45, 7) is 0.512. The number of benzene rings is 10. The van der Waals surface area contributed by atoms with Crippen LogP contribution in [0.25, 0.3) is 49.1 Å². The molecule has 1 heterocycles. The summed E-state index contributed by atoms with van der Waals surface area (Å²) in [5.74, 6) is 2.61. The van der Waals surface area contributed by atoms with Crippen molar-refractivity contribution in [1.29, 1.82) is 0 Å². The zero-order chi connectivity index (χ0) is 41.9. The quantitative estimate of drug-likeness (QED) is 0.129. The Morgan fingerprint density at radius 3 is 1.70 bits per heavy atom. The Hall–Kier alpha value is -8.21. The molecule has 10 aromatic carbocycles. The molecule has 0 fully saturated rings. The lowest BCUT2D eigenvalue weighted by molar-refractivity contribution is 0.360. The van der Waals surface area contributed by atoms with Crippen LogP contribution in [0.4, 0.5) is 0 Å². The number of allylic oxidation sites excluding steroid dienone is 1. The summed E-state index contributed by atoms with van der Waals surface area (Å²) in [6.07, 6.45) is 1.99. The van der Waals surface area contributed by atoms with Crippen LogP contribution in [0.3, 0.4) is 0 Å². The molecule has 10 aromatic rings. The molecule has 298 valence electrons. The fourth-order valence-corrected chi connectivity index (χ4v) is 10.0. The van der Waals surface area contributed by atoms with Crippen molar-refractivity contribution in [2.75, 3.05) is 0 Å². The summed E-state index contributed by atoms with van der Waals surface area (Å²) in [4.78, 5) is 5.21. The van der Waals surface area contributed by atoms with Crippen LogP contribution < -0.4 is 15.2 Å². The van der Waals surface area contributed by atoms with Gasteiger partial charge in [0, 0.05) is 22.4 Å². The van der Waals surface area contributed by atoms with Crippen LogP contribution in [0.2, 0.25) is 0 Å². The van der Waals surface area contributed by atoms with Crippen LogP contribution in [-0.2, 0) is 12.0 Å². The van der Waals surface area contributed by atoms with E-state index in [1.54, 1.807) is 0 Å². The molecule has 0 saturated heterocycles. The largest absolute Gasteiger partial charge is 0.449 e. The first-order chi connectivity index (χ1) is 31.1. The molecule has 1 aliphatic heterocycles. The molecule has 0 atom stereocenters. The molecule has 0 amide bonds. The van der Waals surface area contributed by atoms with Gasteiger partial charge >= 0.3 is 0 Å². The Balaban J connectivity index is 0.945. The molecule has 1 aliphatic carbocycles. The molecule has 63 heavy (non-hydrogen) atoms. The van der Waals surface area contributed by atoms with Crippen molar-refractivity contribution < 1.29 is 9.47 Å². The lowest BCUT2D eigenvalue weighted by Gasteiger charge is -2.34. The minimum atomic E-state index is -0.540. The fraction of sp³-hybridized carbons (Fsp3) is 0.0339. The predicted molar refractivity (Wildman–Crippen MR) is 258 cm³/mol. The summed E-state index contributed by atoms with van der Waals surface area (Å²) in [6, 6.07) is 74.7. The standard InChI is InChI=1S/C59H40N2O2/c60-52(36-53(61-37-38-16-4-1-5-17-38)40-28-30-47-45-24-11-10-22-43(45)44-23-12-13-25-46(44)49(47)34-40)39-29-32-54-56(35-39)62-55-33-31-51-57(58(55)63-54)48-26-14-15-27-50(48)59(51,41-18-6-2-7-19-41)42-20-8-3-9-21-42/h1-36H,37,60H2/b52-36-,61-53?. The molecular formula is C59H40N2O2. The topological polar surface area (TPSA) is 56.8 Å². The van der Waals surface area contributed by atoms with Crippen molar-refractivity contribution in [2.45, 2.75) is 12.0 Å². The Labute approximate surface area is 365 Å². The zero-order valence-corrected chi connectivity index (χ0v) is 34.3. The molecule has 0 unspecified atom stereocenters. The second-order valence-corrected chi connectivity index (χ2v) is 16.3. The molecule has 4 heteroatoms. The smallest absolute Gasteiger partial charge is 0.178 e. The normalized spacial score (nSPS) is 13.8. The van der Waals surface area contributed by atoms with Gasteiger partial charge in [0.2, 0.25) is 0 Å². The van der Waals surface area contributed by atoms with E-state index in [0.717, 1.165) is 39.1 Å². The van der Waals surface area contributed by atoms with Gasteiger partial charge < -0.3 is 15.2 Å². The van der Waals surface area contributed by atoms with Crippen molar-refractivity contribution in [1.82, 2.24) is 0 Å². The Morgan fingerprint density at radius 1 is 0.460 bits per heavy atom. The van der Waals surface area contributed by atoms with Gasteiger partial charge in [-0.2, -0.15) is 0 Å². The number of fused-ring (bicyclic) bond motifs is 12. The number of hydrogen-bond donors (Lipinski definition) is 1. The van der Waals surface area contributed by atoms with E-state index in [2.05, 4.69) is 176 Å². The molecule has 2 N–H and O–H groups in total. The van der Waals surface area contributed by atoms with E-state index in [-0.39, 0.29) is 0 Å². The third-order valence-electron chi connectivity index (χ3n) is 12.9. The van der Waals surface area contributed by atoms with Gasteiger partial charge in [0.1, 0.15) is 0 Å². The van der Waals surface area contributed by atoms with Gasteiger partial charge in [-0.15, -0.1) is 0 Å². The second kappa shape index (κ2) is 14.8. The number of hydrogen-bond acceptors (Lipinski definition) is 4. The first-order valence-electron chi connectivity index (χ1n) is 21.4. The molecule has 0 bridgehead atoms. The van der Waals surface area contributed by atoms with E-state index < -0.39 is 5.41 Å². The number of rotatable bonds is 7. The van der Waals surface area contributed by atoms with Gasteiger partial charge in [-0.25, -0.2) is 0 Å². The average Bonchev–Trinajstić information content (AvgIpc) is 3.66. The van der Waals surface area contributed by atoms with Gasteiger partial charge in [0.05, 0.1) is 17.7 Å². The Bertz CT molecular complexity index is 3410.